The van der Waals surface area contributed by atoms with Crippen LogP contribution in [-0.4, -0.2) is 54.2 Å². The average Bonchev–Trinajstić information content (AvgIpc) is 2.91. The number of rotatable bonds is 11. The summed E-state index contributed by atoms with van der Waals surface area (Å²) in [6, 6.07) is 5.93. The lowest BCUT2D eigenvalue weighted by Gasteiger charge is -2.34. The second-order valence-corrected chi connectivity index (χ2v) is 12.0. The van der Waals surface area contributed by atoms with E-state index >= 15 is 0 Å². The van der Waals surface area contributed by atoms with Crippen LogP contribution in [-0.2, 0) is 19.1 Å². The first kappa shape index (κ1) is 38.2. The molecule has 0 aromatic heterocycles. The molecule has 0 bridgehead atoms. The van der Waals surface area contributed by atoms with Crippen molar-refractivity contribution in [2.45, 2.75) is 138 Å². The first-order valence-electron chi connectivity index (χ1n) is 15.6. The van der Waals surface area contributed by atoms with E-state index < -0.39 is 11.2 Å². The van der Waals surface area contributed by atoms with Gasteiger partial charge in [-0.05, 0) is 90.8 Å². The van der Waals surface area contributed by atoms with Crippen molar-refractivity contribution in [3.05, 3.63) is 23.8 Å². The molecule has 1 heterocycles. The number of nitrogens with two attached hydrogens (primary N) is 1. The minimum Gasteiger partial charge on any atom is -0.460 e. The van der Waals surface area contributed by atoms with Crippen molar-refractivity contribution in [3.8, 4) is 0 Å². The Labute approximate surface area is 250 Å². The Hall–Kier alpha value is -2.77. The van der Waals surface area contributed by atoms with Crippen LogP contribution < -0.4 is 10.6 Å². The Morgan fingerprint density at radius 2 is 1.44 bits per heavy atom. The summed E-state index contributed by atoms with van der Waals surface area (Å²) in [6.45, 7) is 21.1. The summed E-state index contributed by atoms with van der Waals surface area (Å²) in [5.41, 5.74) is 7.77. The molecule has 1 saturated heterocycles. The van der Waals surface area contributed by atoms with Crippen LogP contribution in [0.3, 0.4) is 0 Å². The van der Waals surface area contributed by atoms with Crippen LogP contribution in [0.2, 0.25) is 0 Å². The fourth-order valence-corrected chi connectivity index (χ4v) is 4.49. The largest absolute Gasteiger partial charge is 0.460 e. The molecule has 1 aromatic rings. The Morgan fingerprint density at radius 3 is 1.98 bits per heavy atom. The number of nitrogen functional groups attached to an aromatic ring is 1. The van der Waals surface area contributed by atoms with Gasteiger partial charge >= 0.3 is 12.1 Å². The maximum absolute atomic E-state index is 12.4. The summed E-state index contributed by atoms with van der Waals surface area (Å²) in [4.78, 5) is 39.5. The van der Waals surface area contributed by atoms with Crippen molar-refractivity contribution in [2.24, 2.45) is 0 Å². The standard InChI is InChI=1S/C29H47N3O5.2C2H6/c1-28(2,3)36-26(34)12-10-8-7-9-11-17-32(21-33)25-20-23(13-14-24(25)30)22-15-18-31(19-16-22)27(35)37-29(4,5)6;2*1-2/h13-14,20-22H,7-12,15-19,30H2,1-6H3;2*1-2H3. The van der Waals surface area contributed by atoms with Crippen LogP contribution in [0.5, 0.6) is 0 Å². The monoisotopic (exact) mass is 577 g/mol. The van der Waals surface area contributed by atoms with Gasteiger partial charge in [-0.25, -0.2) is 4.79 Å². The zero-order chi connectivity index (χ0) is 31.6. The molecule has 8 heteroatoms. The maximum Gasteiger partial charge on any atom is 0.410 e. The molecule has 0 aliphatic carbocycles. The number of likely N-dealkylation sites (tertiary alicyclic amines) is 1. The highest BCUT2D eigenvalue weighted by molar-refractivity contribution is 5.83. The minimum absolute atomic E-state index is 0.148. The highest BCUT2D eigenvalue weighted by Gasteiger charge is 2.28. The zero-order valence-electron chi connectivity index (χ0n) is 27.7. The van der Waals surface area contributed by atoms with E-state index in [1.165, 1.54) is 0 Å². The van der Waals surface area contributed by atoms with Crippen molar-refractivity contribution in [1.29, 1.82) is 0 Å². The van der Waals surface area contributed by atoms with Crippen LogP contribution in [0, 0.1) is 0 Å². The van der Waals surface area contributed by atoms with Gasteiger partial charge in [0, 0.05) is 26.1 Å². The second kappa shape index (κ2) is 19.4. The quantitative estimate of drug-likeness (QED) is 0.123. The van der Waals surface area contributed by atoms with E-state index in [1.54, 1.807) is 9.80 Å². The number of esters is 1. The highest BCUT2D eigenvalue weighted by atomic mass is 16.6. The van der Waals surface area contributed by atoms with E-state index in [2.05, 4.69) is 0 Å². The van der Waals surface area contributed by atoms with Crippen LogP contribution in [0.1, 0.15) is 132 Å². The number of piperidine rings is 1. The van der Waals surface area contributed by atoms with Gasteiger partial charge in [-0.2, -0.15) is 0 Å². The Balaban J connectivity index is 0.00000382. The number of carbonyl (C=O) groups is 3. The van der Waals surface area contributed by atoms with Gasteiger partial charge in [0.05, 0.1) is 11.4 Å². The van der Waals surface area contributed by atoms with Gasteiger partial charge in [0.15, 0.2) is 0 Å². The van der Waals surface area contributed by atoms with Gasteiger partial charge in [0.1, 0.15) is 11.2 Å². The van der Waals surface area contributed by atoms with Gasteiger partial charge in [0.2, 0.25) is 6.41 Å². The third-order valence-corrected chi connectivity index (χ3v) is 6.31. The molecule has 41 heavy (non-hydrogen) atoms. The lowest BCUT2D eigenvalue weighted by molar-refractivity contribution is -0.154. The highest BCUT2D eigenvalue weighted by Crippen LogP contribution is 2.33. The third-order valence-electron chi connectivity index (χ3n) is 6.31. The second-order valence-electron chi connectivity index (χ2n) is 12.0. The Kier molecular flexibility index (Phi) is 18.1. The van der Waals surface area contributed by atoms with Crippen molar-refractivity contribution < 1.29 is 23.9 Å². The van der Waals surface area contributed by atoms with Crippen molar-refractivity contribution in [2.75, 3.05) is 30.3 Å². The van der Waals surface area contributed by atoms with Crippen molar-refractivity contribution in [3.63, 3.8) is 0 Å². The summed E-state index contributed by atoms with van der Waals surface area (Å²) >= 11 is 0. The number of nitrogens with zero attached hydrogens (tertiary/aromatic N) is 2. The summed E-state index contributed by atoms with van der Waals surface area (Å²) in [6.07, 6.45) is 7.32. The molecule has 1 aliphatic rings. The number of carbonyl (C=O) groups excluding carboxylic acids is 3. The number of ether oxygens (including phenoxy) is 2. The van der Waals surface area contributed by atoms with E-state index in [-0.39, 0.29) is 12.1 Å². The lowest BCUT2D eigenvalue weighted by Crippen LogP contribution is -2.41. The lowest BCUT2D eigenvalue weighted by atomic mass is 9.89. The summed E-state index contributed by atoms with van der Waals surface area (Å²) in [5.74, 6) is 0.155. The van der Waals surface area contributed by atoms with Crippen molar-refractivity contribution in [1.82, 2.24) is 4.90 Å². The van der Waals surface area contributed by atoms with E-state index in [1.807, 2.05) is 87.4 Å². The van der Waals surface area contributed by atoms with E-state index in [0.717, 1.165) is 62.6 Å². The summed E-state index contributed by atoms with van der Waals surface area (Å²) in [5, 5.41) is 0. The molecule has 0 spiro atoms. The molecule has 1 aromatic carbocycles. The Morgan fingerprint density at radius 1 is 0.902 bits per heavy atom. The summed E-state index contributed by atoms with van der Waals surface area (Å²) < 4.78 is 10.8. The third kappa shape index (κ3) is 15.7. The smallest absolute Gasteiger partial charge is 0.410 e. The molecule has 0 saturated carbocycles. The molecule has 2 amide bonds. The molecular formula is C33H59N3O5. The molecule has 1 fully saturated rings. The zero-order valence-corrected chi connectivity index (χ0v) is 27.7. The van der Waals surface area contributed by atoms with Gasteiger partial charge in [-0.15, -0.1) is 0 Å². The number of hydrogen-bond donors (Lipinski definition) is 1. The average molecular weight is 578 g/mol. The number of benzene rings is 1. The van der Waals surface area contributed by atoms with E-state index in [4.69, 9.17) is 15.2 Å². The maximum atomic E-state index is 12.4. The number of unbranched alkanes of at least 4 members (excludes halogenated alkanes) is 4. The minimum atomic E-state index is -0.502. The number of amides is 2. The molecule has 1 aliphatic heterocycles. The predicted octanol–water partition coefficient (Wildman–Crippen LogP) is 8.08. The molecule has 0 atom stereocenters. The molecule has 2 N–H and O–H groups in total. The molecule has 8 nitrogen and oxygen atoms in total. The fraction of sp³-hybridized carbons (Fsp3) is 0.727. The van der Waals surface area contributed by atoms with Crippen LogP contribution >= 0.6 is 0 Å². The van der Waals surface area contributed by atoms with Crippen LogP contribution in [0.15, 0.2) is 18.2 Å². The molecule has 2 rings (SSSR count). The van der Waals surface area contributed by atoms with Crippen LogP contribution in [0.25, 0.3) is 0 Å². The van der Waals surface area contributed by atoms with E-state index in [0.29, 0.717) is 37.7 Å². The van der Waals surface area contributed by atoms with E-state index in [9.17, 15) is 14.4 Å². The normalized spacial score (nSPS) is 13.7. The first-order valence-corrected chi connectivity index (χ1v) is 15.6. The summed E-state index contributed by atoms with van der Waals surface area (Å²) in [7, 11) is 0. The van der Waals surface area contributed by atoms with Crippen molar-refractivity contribution >= 4 is 29.8 Å². The SMILES string of the molecule is CC.CC.CC(C)(C)OC(=O)CCCCCCCN(C=O)c1cc(C2CCN(C(=O)OC(C)(C)C)CC2)ccc1N. The van der Waals surface area contributed by atoms with Crippen LogP contribution in [0.4, 0.5) is 16.2 Å². The molecule has 0 radical (unpaired) electrons. The van der Waals surface area contributed by atoms with Gasteiger partial charge < -0.3 is 25.0 Å². The number of anilines is 2. The number of hydrogen-bond acceptors (Lipinski definition) is 6. The fourth-order valence-electron chi connectivity index (χ4n) is 4.49. The Bertz CT molecular complexity index is 897. The van der Waals surface area contributed by atoms with Gasteiger partial charge in [0.25, 0.3) is 0 Å². The molecule has 236 valence electrons. The first-order chi connectivity index (χ1) is 19.3. The molecular weight excluding hydrogens is 518 g/mol. The van der Waals surface area contributed by atoms with Gasteiger partial charge in [-0.3, -0.25) is 9.59 Å². The topological polar surface area (TPSA) is 102 Å². The van der Waals surface area contributed by atoms with Gasteiger partial charge in [-0.1, -0.05) is 53.0 Å². The predicted molar refractivity (Wildman–Crippen MR) is 170 cm³/mol. The molecule has 0 unspecified atom stereocenters.